The summed E-state index contributed by atoms with van der Waals surface area (Å²) < 4.78 is 7.24. The van der Waals surface area contributed by atoms with E-state index in [0.29, 0.717) is 6.61 Å². The van der Waals surface area contributed by atoms with Crippen LogP contribution in [0.25, 0.3) is 10.8 Å². The van der Waals surface area contributed by atoms with Gasteiger partial charge >= 0.3 is 0 Å². The number of nitrogens with zero attached hydrogens (tertiary/aromatic N) is 1. The van der Waals surface area contributed by atoms with Gasteiger partial charge in [0.25, 0.3) is 0 Å². The molecule has 0 bridgehead atoms. The molecule has 1 N–H and O–H groups in total. The molecule has 4 rings (SSSR count). The first kappa shape index (κ1) is 20.8. The molecular weight excluding hydrogens is 446 g/mol. The molecule has 0 spiro atoms. The van der Waals surface area contributed by atoms with Crippen molar-refractivity contribution in [3.8, 4) is 0 Å². The van der Waals surface area contributed by atoms with Gasteiger partial charge in [0, 0.05) is 36.0 Å². The third-order valence-electron chi connectivity index (χ3n) is 5.79. The molecule has 0 aromatic heterocycles. The molecule has 1 amide bonds. The highest BCUT2D eigenvalue weighted by Gasteiger charge is 2.38. The average Bonchev–Trinajstić information content (AvgIpc) is 2.77. The van der Waals surface area contributed by atoms with Crippen LogP contribution >= 0.6 is 15.9 Å². The molecule has 0 radical (unpaired) electrons. The minimum absolute atomic E-state index is 0.112. The van der Waals surface area contributed by atoms with Crippen molar-refractivity contribution in [2.45, 2.75) is 18.6 Å². The fourth-order valence-corrected chi connectivity index (χ4v) is 4.55. The van der Waals surface area contributed by atoms with Crippen LogP contribution in [0.2, 0.25) is 0 Å². The first-order valence-corrected chi connectivity index (χ1v) is 10.8. The number of hydrogen-bond acceptors (Lipinski definition) is 4. The van der Waals surface area contributed by atoms with E-state index < -0.39 is 6.09 Å². The van der Waals surface area contributed by atoms with Crippen LogP contribution in [0.4, 0.5) is 4.79 Å². The van der Waals surface area contributed by atoms with Crippen LogP contribution in [0.1, 0.15) is 17.0 Å². The molecule has 3 aromatic rings. The van der Waals surface area contributed by atoms with Gasteiger partial charge in [0.1, 0.15) is 6.09 Å². The number of hydrogen-bond donors (Lipinski definition) is 1. The van der Waals surface area contributed by atoms with Crippen LogP contribution in [-0.2, 0) is 11.3 Å². The number of ether oxygens (including phenoxy) is 1. The van der Waals surface area contributed by atoms with Crippen molar-refractivity contribution in [1.29, 1.82) is 0 Å². The van der Waals surface area contributed by atoms with E-state index in [0.717, 1.165) is 26.4 Å². The molecular formula is C24H23BrNO4-. The first-order chi connectivity index (χ1) is 14.5. The quantitative estimate of drug-likeness (QED) is 0.621. The van der Waals surface area contributed by atoms with Crippen molar-refractivity contribution in [1.82, 2.24) is 4.90 Å². The van der Waals surface area contributed by atoms with Crippen molar-refractivity contribution < 1.29 is 19.7 Å². The number of rotatable bonds is 5. The van der Waals surface area contributed by atoms with Gasteiger partial charge in [0.2, 0.25) is 0 Å². The van der Waals surface area contributed by atoms with Crippen molar-refractivity contribution in [3.05, 3.63) is 82.3 Å². The molecule has 3 unspecified atom stereocenters. The summed E-state index contributed by atoms with van der Waals surface area (Å²) in [6, 6.07) is 22.2. The second-order valence-corrected chi connectivity index (χ2v) is 8.64. The molecule has 0 aliphatic carbocycles. The smallest absolute Gasteiger partial charge is 0.137 e. The van der Waals surface area contributed by atoms with Gasteiger partial charge in [-0.3, -0.25) is 0 Å². The number of aliphatic hydroxyl groups is 1. The van der Waals surface area contributed by atoms with E-state index in [-0.39, 0.29) is 37.6 Å². The topological polar surface area (TPSA) is 72.8 Å². The van der Waals surface area contributed by atoms with E-state index in [1.807, 2.05) is 42.5 Å². The predicted octanol–water partition coefficient (Wildman–Crippen LogP) is 3.54. The Bertz CT molecular complexity index is 1020. The summed E-state index contributed by atoms with van der Waals surface area (Å²) in [4.78, 5) is 12.8. The van der Waals surface area contributed by atoms with Crippen LogP contribution in [0.5, 0.6) is 0 Å². The molecule has 5 nitrogen and oxygen atoms in total. The second kappa shape index (κ2) is 9.16. The number of amides is 1. The van der Waals surface area contributed by atoms with Crippen molar-refractivity contribution in [2.75, 3.05) is 19.7 Å². The molecule has 1 aliphatic rings. The Hall–Kier alpha value is -2.41. The fraction of sp³-hybridized carbons (Fsp3) is 0.292. The molecule has 3 aromatic carbocycles. The average molecular weight is 469 g/mol. The molecule has 1 aliphatic heterocycles. The lowest BCUT2D eigenvalue weighted by Gasteiger charge is -2.44. The van der Waals surface area contributed by atoms with Gasteiger partial charge in [-0.25, -0.2) is 0 Å². The lowest BCUT2D eigenvalue weighted by Crippen LogP contribution is -2.55. The second-order valence-electron chi connectivity index (χ2n) is 7.72. The number of halogens is 1. The molecule has 6 heteroatoms. The molecule has 156 valence electrons. The van der Waals surface area contributed by atoms with E-state index in [2.05, 4.69) is 40.2 Å². The highest BCUT2D eigenvalue weighted by molar-refractivity contribution is 9.10. The molecule has 30 heavy (non-hydrogen) atoms. The predicted molar refractivity (Wildman–Crippen MR) is 117 cm³/mol. The van der Waals surface area contributed by atoms with Crippen LogP contribution in [0.15, 0.2) is 71.2 Å². The summed E-state index contributed by atoms with van der Waals surface area (Å²) in [5.74, 6) is -0.376. The maximum atomic E-state index is 11.5. The Morgan fingerprint density at radius 1 is 1.07 bits per heavy atom. The van der Waals surface area contributed by atoms with Gasteiger partial charge in [-0.05, 0) is 40.1 Å². The molecule has 1 fully saturated rings. The van der Waals surface area contributed by atoms with E-state index >= 15 is 0 Å². The summed E-state index contributed by atoms with van der Waals surface area (Å²) in [5, 5.41) is 23.8. The third-order valence-corrected chi connectivity index (χ3v) is 6.32. The molecule has 0 saturated carbocycles. The maximum Gasteiger partial charge on any atom is 0.137 e. The first-order valence-electron chi connectivity index (χ1n) is 9.96. The molecule has 1 saturated heterocycles. The zero-order valence-electron chi connectivity index (χ0n) is 16.4. The van der Waals surface area contributed by atoms with Crippen molar-refractivity contribution >= 4 is 32.8 Å². The Balaban J connectivity index is 1.59. The number of piperidine rings is 1. The Morgan fingerprint density at radius 3 is 2.50 bits per heavy atom. The monoisotopic (exact) mass is 468 g/mol. The van der Waals surface area contributed by atoms with Gasteiger partial charge in [-0.2, -0.15) is 0 Å². The Morgan fingerprint density at radius 2 is 1.80 bits per heavy atom. The highest BCUT2D eigenvalue weighted by Crippen LogP contribution is 2.36. The summed E-state index contributed by atoms with van der Waals surface area (Å²) in [6.07, 6.45) is -1.62. The van der Waals surface area contributed by atoms with Gasteiger partial charge in [0.15, 0.2) is 0 Å². The van der Waals surface area contributed by atoms with E-state index in [1.54, 1.807) is 0 Å². The minimum atomic E-state index is -1.23. The van der Waals surface area contributed by atoms with Gasteiger partial charge < -0.3 is 24.6 Å². The van der Waals surface area contributed by atoms with Gasteiger partial charge in [-0.15, -0.1) is 0 Å². The van der Waals surface area contributed by atoms with Crippen LogP contribution in [-0.4, -0.2) is 41.9 Å². The number of likely N-dealkylation sites (tertiary alicyclic amines) is 1. The Labute approximate surface area is 184 Å². The maximum absolute atomic E-state index is 11.5. The summed E-state index contributed by atoms with van der Waals surface area (Å²) in [7, 11) is 0. The van der Waals surface area contributed by atoms with Crippen LogP contribution < -0.4 is 5.11 Å². The number of carbonyl (C=O) groups is 1. The molecule has 3 atom stereocenters. The van der Waals surface area contributed by atoms with E-state index in [9.17, 15) is 15.0 Å². The lowest BCUT2D eigenvalue weighted by molar-refractivity contribution is -0.270. The zero-order valence-corrected chi connectivity index (χ0v) is 18.0. The van der Waals surface area contributed by atoms with Crippen molar-refractivity contribution in [2.24, 2.45) is 5.92 Å². The molecule has 1 heterocycles. The SMILES string of the molecule is O=C([O-])N1CC(CO)C(c2ccc(Br)cc2)C(OCc2ccc3ccccc3c2)C1. The number of aliphatic hydroxyl groups excluding tert-OH is 1. The number of benzene rings is 3. The number of fused-ring (bicyclic) bond motifs is 1. The normalized spacial score (nSPS) is 21.7. The highest BCUT2D eigenvalue weighted by atomic mass is 79.9. The van der Waals surface area contributed by atoms with Crippen LogP contribution in [0, 0.1) is 5.92 Å². The number of carboxylic acid groups (broad SMARTS) is 1. The van der Waals surface area contributed by atoms with Crippen molar-refractivity contribution in [3.63, 3.8) is 0 Å². The number of carbonyl (C=O) groups excluding carboxylic acids is 1. The summed E-state index contributed by atoms with van der Waals surface area (Å²) >= 11 is 3.45. The van der Waals surface area contributed by atoms with Crippen LogP contribution in [0.3, 0.4) is 0 Å². The minimum Gasteiger partial charge on any atom is -0.530 e. The Kier molecular flexibility index (Phi) is 6.37. The van der Waals surface area contributed by atoms with E-state index in [4.69, 9.17) is 4.74 Å². The van der Waals surface area contributed by atoms with Gasteiger partial charge in [-0.1, -0.05) is 64.5 Å². The summed E-state index contributed by atoms with van der Waals surface area (Å²) in [5.41, 5.74) is 2.05. The summed E-state index contributed by atoms with van der Waals surface area (Å²) in [6.45, 7) is 0.685. The largest absolute Gasteiger partial charge is 0.530 e. The third kappa shape index (κ3) is 4.51. The lowest BCUT2D eigenvalue weighted by atomic mass is 9.79. The standard InChI is InChI=1S/C24H24BrNO4/c25-21-9-7-18(8-10-21)23-20(14-27)12-26(24(28)29)13-22(23)30-15-16-5-6-17-3-1-2-4-19(17)11-16/h1-11,20,22-23,27H,12-15H2,(H,28,29)/p-1. The fourth-order valence-electron chi connectivity index (χ4n) is 4.29. The van der Waals surface area contributed by atoms with Gasteiger partial charge in [0.05, 0.1) is 12.7 Å². The van der Waals surface area contributed by atoms with E-state index in [1.165, 1.54) is 4.90 Å². The zero-order chi connectivity index (χ0) is 21.1.